The first kappa shape index (κ1) is 14.0. The quantitative estimate of drug-likeness (QED) is 0.520. The van der Waals surface area contributed by atoms with Crippen LogP contribution in [0.15, 0.2) is 59.6 Å². The predicted molar refractivity (Wildman–Crippen MR) is 89.2 cm³/mol. The zero-order valence-corrected chi connectivity index (χ0v) is 13.0. The van der Waals surface area contributed by atoms with Crippen molar-refractivity contribution in [2.45, 2.75) is 18.4 Å². The third-order valence-corrected chi connectivity index (χ3v) is 4.40. The lowest BCUT2D eigenvalue weighted by molar-refractivity contribution is 0.0973. The maximum absolute atomic E-state index is 12.4. The van der Waals surface area contributed by atoms with Gasteiger partial charge in [0.15, 0.2) is 5.78 Å². The minimum Gasteiger partial charge on any atom is -0.340 e. The molecule has 0 N–H and O–H groups in total. The maximum atomic E-state index is 12.4. The Hall–Kier alpha value is -2.00. The molecular formula is C18H17NOS. The molecule has 0 amide bonds. The molecule has 0 aliphatic heterocycles. The topological polar surface area (TPSA) is 22.0 Å². The number of fused-ring (bicyclic) bond motifs is 1. The van der Waals surface area contributed by atoms with Gasteiger partial charge in [0.1, 0.15) is 0 Å². The van der Waals surface area contributed by atoms with E-state index in [2.05, 4.69) is 31.2 Å². The molecule has 0 spiro atoms. The molecule has 3 rings (SSSR count). The SMILES string of the molecule is CSc1ccc(C(=O)Cn2ccc3ccc(C)cc32)cc1. The zero-order valence-electron chi connectivity index (χ0n) is 12.2. The molecule has 0 saturated carbocycles. The van der Waals surface area contributed by atoms with Gasteiger partial charge in [-0.3, -0.25) is 4.79 Å². The average Bonchev–Trinajstić information content (AvgIpc) is 2.89. The Kier molecular flexibility index (Phi) is 3.84. The number of thioether (sulfide) groups is 1. The van der Waals surface area contributed by atoms with Crippen molar-refractivity contribution in [2.24, 2.45) is 0 Å². The van der Waals surface area contributed by atoms with Crippen molar-refractivity contribution in [2.75, 3.05) is 6.26 Å². The number of aromatic nitrogens is 1. The van der Waals surface area contributed by atoms with Gasteiger partial charge in [0.25, 0.3) is 0 Å². The molecule has 0 saturated heterocycles. The molecule has 0 radical (unpaired) electrons. The summed E-state index contributed by atoms with van der Waals surface area (Å²) in [6.07, 6.45) is 4.02. The summed E-state index contributed by atoms with van der Waals surface area (Å²) in [4.78, 5) is 13.6. The summed E-state index contributed by atoms with van der Waals surface area (Å²) in [5, 5.41) is 1.17. The molecule has 3 aromatic rings. The highest BCUT2D eigenvalue weighted by atomic mass is 32.2. The second kappa shape index (κ2) is 5.78. The van der Waals surface area contributed by atoms with Gasteiger partial charge in [-0.25, -0.2) is 0 Å². The largest absolute Gasteiger partial charge is 0.340 e. The number of benzene rings is 2. The highest BCUT2D eigenvalue weighted by Crippen LogP contribution is 2.19. The minimum atomic E-state index is 0.140. The molecule has 0 aliphatic rings. The molecule has 0 atom stereocenters. The highest BCUT2D eigenvalue weighted by molar-refractivity contribution is 7.98. The molecule has 0 unspecified atom stereocenters. The molecule has 2 nitrogen and oxygen atoms in total. The molecule has 3 heteroatoms. The zero-order chi connectivity index (χ0) is 14.8. The second-order valence-corrected chi connectivity index (χ2v) is 6.04. The van der Waals surface area contributed by atoms with E-state index in [0.29, 0.717) is 6.54 Å². The molecule has 21 heavy (non-hydrogen) atoms. The summed E-state index contributed by atoms with van der Waals surface area (Å²) >= 11 is 1.68. The predicted octanol–water partition coefficient (Wildman–Crippen LogP) is 4.55. The first-order valence-corrected chi connectivity index (χ1v) is 8.12. The first-order valence-electron chi connectivity index (χ1n) is 6.90. The maximum Gasteiger partial charge on any atom is 0.182 e. The number of nitrogens with zero attached hydrogens (tertiary/aromatic N) is 1. The minimum absolute atomic E-state index is 0.140. The van der Waals surface area contributed by atoms with Crippen LogP contribution in [0.1, 0.15) is 15.9 Å². The van der Waals surface area contributed by atoms with Gasteiger partial charge in [-0.2, -0.15) is 0 Å². The number of Topliss-reactive ketones (excluding diaryl/α,β-unsaturated/α-hetero) is 1. The number of carbonyl (C=O) groups is 1. The second-order valence-electron chi connectivity index (χ2n) is 5.16. The van der Waals surface area contributed by atoms with Crippen LogP contribution in [-0.2, 0) is 6.54 Å². The fraction of sp³-hybridized carbons (Fsp3) is 0.167. The summed E-state index contributed by atoms with van der Waals surface area (Å²) in [6, 6.07) is 16.2. The lowest BCUT2D eigenvalue weighted by Crippen LogP contribution is -2.09. The lowest BCUT2D eigenvalue weighted by atomic mass is 10.1. The van der Waals surface area contributed by atoms with E-state index in [1.165, 1.54) is 15.8 Å². The molecule has 0 aliphatic carbocycles. The van der Waals surface area contributed by atoms with Crippen LogP contribution in [0.3, 0.4) is 0 Å². The van der Waals surface area contributed by atoms with Crippen LogP contribution in [0.25, 0.3) is 10.9 Å². The van der Waals surface area contributed by atoms with Gasteiger partial charge in [0.05, 0.1) is 6.54 Å². The van der Waals surface area contributed by atoms with E-state index in [0.717, 1.165) is 11.1 Å². The van der Waals surface area contributed by atoms with Crippen molar-refractivity contribution < 1.29 is 4.79 Å². The Morgan fingerprint density at radius 2 is 1.86 bits per heavy atom. The molecule has 0 bridgehead atoms. The summed E-state index contributed by atoms with van der Waals surface area (Å²) in [5.41, 5.74) is 3.09. The number of ketones is 1. The van der Waals surface area contributed by atoms with Crippen molar-refractivity contribution in [3.63, 3.8) is 0 Å². The normalized spacial score (nSPS) is 11.0. The van der Waals surface area contributed by atoms with Gasteiger partial charge >= 0.3 is 0 Å². The Bertz CT molecular complexity index is 787. The number of carbonyl (C=O) groups excluding carboxylic acids is 1. The average molecular weight is 295 g/mol. The van der Waals surface area contributed by atoms with Crippen molar-refractivity contribution >= 4 is 28.4 Å². The smallest absolute Gasteiger partial charge is 0.182 e. The van der Waals surface area contributed by atoms with Crippen LogP contribution in [0, 0.1) is 6.92 Å². The first-order chi connectivity index (χ1) is 10.2. The Morgan fingerprint density at radius 1 is 1.10 bits per heavy atom. The summed E-state index contributed by atoms with van der Waals surface area (Å²) in [7, 11) is 0. The highest BCUT2D eigenvalue weighted by Gasteiger charge is 2.09. The van der Waals surface area contributed by atoms with E-state index in [9.17, 15) is 4.79 Å². The molecule has 1 aromatic heterocycles. The van der Waals surface area contributed by atoms with Gasteiger partial charge in [0.2, 0.25) is 0 Å². The van der Waals surface area contributed by atoms with Crippen LogP contribution in [0.2, 0.25) is 0 Å². The van der Waals surface area contributed by atoms with Gasteiger partial charge in [0, 0.05) is 22.2 Å². The number of rotatable bonds is 4. The molecule has 106 valence electrons. The van der Waals surface area contributed by atoms with Gasteiger partial charge in [-0.1, -0.05) is 24.3 Å². The van der Waals surface area contributed by atoms with E-state index in [-0.39, 0.29) is 5.78 Å². The molecule has 0 fully saturated rings. The van der Waals surface area contributed by atoms with Crippen molar-refractivity contribution in [1.29, 1.82) is 0 Å². The molecule has 1 heterocycles. The summed E-state index contributed by atoms with van der Waals surface area (Å²) in [5.74, 6) is 0.140. The van der Waals surface area contributed by atoms with Gasteiger partial charge in [-0.15, -0.1) is 11.8 Å². The van der Waals surface area contributed by atoms with E-state index in [4.69, 9.17) is 0 Å². The monoisotopic (exact) mass is 295 g/mol. The fourth-order valence-electron chi connectivity index (χ4n) is 2.45. The van der Waals surface area contributed by atoms with Crippen molar-refractivity contribution in [3.8, 4) is 0 Å². The third-order valence-electron chi connectivity index (χ3n) is 3.66. The van der Waals surface area contributed by atoms with Crippen molar-refractivity contribution in [1.82, 2.24) is 4.57 Å². The van der Waals surface area contributed by atoms with E-state index < -0.39 is 0 Å². The third kappa shape index (κ3) is 2.88. The summed E-state index contributed by atoms with van der Waals surface area (Å²) < 4.78 is 2.02. The number of hydrogen-bond donors (Lipinski definition) is 0. The molecular weight excluding hydrogens is 278 g/mol. The number of aryl methyl sites for hydroxylation is 1. The lowest BCUT2D eigenvalue weighted by Gasteiger charge is -2.06. The van der Waals surface area contributed by atoms with E-state index in [1.54, 1.807) is 11.8 Å². The summed E-state index contributed by atoms with van der Waals surface area (Å²) in [6.45, 7) is 2.45. The Balaban J connectivity index is 1.87. The van der Waals surface area contributed by atoms with Gasteiger partial charge < -0.3 is 4.57 Å². The fourth-order valence-corrected chi connectivity index (χ4v) is 2.86. The van der Waals surface area contributed by atoms with Crippen LogP contribution in [-0.4, -0.2) is 16.6 Å². The standard InChI is InChI=1S/C18H17NOS/c1-13-3-4-14-9-10-19(17(14)11-13)12-18(20)15-5-7-16(21-2)8-6-15/h3-11H,12H2,1-2H3. The van der Waals surface area contributed by atoms with E-state index in [1.807, 2.05) is 41.3 Å². The van der Waals surface area contributed by atoms with Crippen molar-refractivity contribution in [3.05, 3.63) is 65.9 Å². The molecule has 2 aromatic carbocycles. The van der Waals surface area contributed by atoms with E-state index >= 15 is 0 Å². The Labute approximate surface area is 128 Å². The van der Waals surface area contributed by atoms with Crippen LogP contribution < -0.4 is 0 Å². The Morgan fingerprint density at radius 3 is 2.57 bits per heavy atom. The number of hydrogen-bond acceptors (Lipinski definition) is 2. The van der Waals surface area contributed by atoms with Crippen LogP contribution in [0.4, 0.5) is 0 Å². The van der Waals surface area contributed by atoms with Gasteiger partial charge in [-0.05, 0) is 48.4 Å². The van der Waals surface area contributed by atoms with Crippen LogP contribution in [0.5, 0.6) is 0 Å². The van der Waals surface area contributed by atoms with Crippen LogP contribution >= 0.6 is 11.8 Å².